The molecule has 1 aliphatic rings. The van der Waals surface area contributed by atoms with Gasteiger partial charge in [-0.1, -0.05) is 13.0 Å². The van der Waals surface area contributed by atoms with Crippen LogP contribution in [0.15, 0.2) is 30.5 Å². The van der Waals surface area contributed by atoms with Crippen molar-refractivity contribution >= 4 is 17.5 Å². The van der Waals surface area contributed by atoms with Crippen LogP contribution >= 0.6 is 0 Å². The lowest BCUT2D eigenvalue weighted by Crippen LogP contribution is -2.33. The van der Waals surface area contributed by atoms with E-state index in [1.165, 1.54) is 31.5 Å². The molecule has 2 aromatic rings. The molecular formula is C21H23F2N3O4. The van der Waals surface area contributed by atoms with Crippen LogP contribution < -0.4 is 15.8 Å². The number of rotatable bonds is 5. The fourth-order valence-corrected chi connectivity index (χ4v) is 3.72. The highest BCUT2D eigenvalue weighted by atomic mass is 19.2. The molecular weight excluding hydrogens is 396 g/mol. The number of primary amides is 1. The van der Waals surface area contributed by atoms with Gasteiger partial charge in [0.05, 0.1) is 12.7 Å². The van der Waals surface area contributed by atoms with Gasteiger partial charge >= 0.3 is 0 Å². The third-order valence-electron chi connectivity index (χ3n) is 5.57. The summed E-state index contributed by atoms with van der Waals surface area (Å²) in [6.07, 6.45) is 0.326. The average molecular weight is 419 g/mol. The molecule has 2 heterocycles. The van der Waals surface area contributed by atoms with Crippen molar-refractivity contribution in [2.75, 3.05) is 12.4 Å². The number of benzene rings is 1. The Bertz CT molecular complexity index is 996. The Morgan fingerprint density at radius 3 is 2.60 bits per heavy atom. The van der Waals surface area contributed by atoms with Crippen LogP contribution in [-0.2, 0) is 9.53 Å². The molecule has 0 unspecified atom stereocenters. The van der Waals surface area contributed by atoms with Crippen molar-refractivity contribution in [3.05, 3.63) is 53.4 Å². The van der Waals surface area contributed by atoms with E-state index < -0.39 is 41.1 Å². The summed E-state index contributed by atoms with van der Waals surface area (Å²) in [5, 5.41) is 2.68. The van der Waals surface area contributed by atoms with Crippen LogP contribution in [0.1, 0.15) is 42.7 Å². The van der Waals surface area contributed by atoms with E-state index in [1.54, 1.807) is 0 Å². The van der Waals surface area contributed by atoms with Crippen molar-refractivity contribution in [1.82, 2.24) is 4.98 Å². The average Bonchev–Trinajstić information content (AvgIpc) is 2.93. The van der Waals surface area contributed by atoms with E-state index in [0.29, 0.717) is 11.3 Å². The lowest BCUT2D eigenvalue weighted by atomic mass is 9.78. The lowest BCUT2D eigenvalue weighted by molar-refractivity contribution is -0.131. The molecule has 1 fully saturated rings. The molecule has 30 heavy (non-hydrogen) atoms. The quantitative estimate of drug-likeness (QED) is 0.776. The summed E-state index contributed by atoms with van der Waals surface area (Å²) < 4.78 is 39.2. The maximum atomic E-state index is 14.3. The number of pyridine rings is 1. The van der Waals surface area contributed by atoms with Gasteiger partial charge in [-0.05, 0) is 38.0 Å². The van der Waals surface area contributed by atoms with Crippen LogP contribution in [-0.4, -0.2) is 35.6 Å². The van der Waals surface area contributed by atoms with Crippen molar-refractivity contribution in [2.45, 2.75) is 38.4 Å². The van der Waals surface area contributed by atoms with Crippen LogP contribution in [0.5, 0.6) is 5.75 Å². The monoisotopic (exact) mass is 419 g/mol. The number of nitrogens with zero attached hydrogens (tertiary/aromatic N) is 1. The van der Waals surface area contributed by atoms with E-state index in [9.17, 15) is 18.4 Å². The molecule has 0 radical (unpaired) electrons. The number of methoxy groups -OCH3 is 1. The van der Waals surface area contributed by atoms with Crippen molar-refractivity contribution in [2.24, 2.45) is 11.7 Å². The summed E-state index contributed by atoms with van der Waals surface area (Å²) in [5.41, 5.74) is 5.14. The maximum Gasteiger partial charge on any atom is 0.267 e. The molecule has 0 spiro atoms. The minimum absolute atomic E-state index is 0.00679. The van der Waals surface area contributed by atoms with E-state index >= 15 is 0 Å². The zero-order valence-electron chi connectivity index (χ0n) is 17.0. The van der Waals surface area contributed by atoms with Crippen LogP contribution in [0.3, 0.4) is 0 Å². The van der Waals surface area contributed by atoms with Gasteiger partial charge in [0, 0.05) is 23.4 Å². The summed E-state index contributed by atoms with van der Waals surface area (Å²) in [5.74, 6) is -4.50. The molecule has 2 amide bonds. The molecule has 1 saturated heterocycles. The molecule has 1 aromatic carbocycles. The number of nitrogens with one attached hydrogen (secondary N) is 1. The molecule has 1 aromatic heterocycles. The molecule has 160 valence electrons. The van der Waals surface area contributed by atoms with Gasteiger partial charge in [0.1, 0.15) is 11.8 Å². The minimum Gasteiger partial charge on any atom is -0.493 e. The van der Waals surface area contributed by atoms with Crippen molar-refractivity contribution in [3.63, 3.8) is 0 Å². The first kappa shape index (κ1) is 21.6. The number of aromatic nitrogens is 1. The number of amides is 2. The zero-order chi connectivity index (χ0) is 22.2. The smallest absolute Gasteiger partial charge is 0.267 e. The van der Waals surface area contributed by atoms with E-state index in [-0.39, 0.29) is 17.4 Å². The van der Waals surface area contributed by atoms with Crippen LogP contribution in [0, 0.1) is 17.6 Å². The summed E-state index contributed by atoms with van der Waals surface area (Å²) in [6, 6.07) is 5.25. The Morgan fingerprint density at radius 1 is 1.27 bits per heavy atom. The van der Waals surface area contributed by atoms with Crippen LogP contribution in [0.4, 0.5) is 14.5 Å². The number of carbonyl (C=O) groups is 2. The maximum absolute atomic E-state index is 14.3. The zero-order valence-corrected chi connectivity index (χ0v) is 17.0. The first-order valence-electron chi connectivity index (χ1n) is 9.33. The van der Waals surface area contributed by atoms with Gasteiger partial charge in [0.15, 0.2) is 11.6 Å². The van der Waals surface area contributed by atoms with Gasteiger partial charge < -0.3 is 20.5 Å². The van der Waals surface area contributed by atoms with Gasteiger partial charge in [-0.25, -0.2) is 4.39 Å². The van der Waals surface area contributed by atoms with Gasteiger partial charge in [-0.15, -0.1) is 0 Å². The molecule has 9 heteroatoms. The van der Waals surface area contributed by atoms with E-state index in [4.69, 9.17) is 15.2 Å². The number of halogens is 2. The van der Waals surface area contributed by atoms with Crippen molar-refractivity contribution in [3.8, 4) is 5.75 Å². The first-order valence-corrected chi connectivity index (χ1v) is 9.33. The SMILES string of the molecule is COc1c([C@H]2[C@@H](C)C(C)(C)O[C@H]2C(=O)Nc2ccnc(C(N)=O)c2)ccc(F)c1F. The Labute approximate surface area is 172 Å². The van der Waals surface area contributed by atoms with Gasteiger partial charge in [-0.3, -0.25) is 14.6 Å². The van der Waals surface area contributed by atoms with E-state index in [1.807, 2.05) is 20.8 Å². The fourth-order valence-electron chi connectivity index (χ4n) is 3.72. The van der Waals surface area contributed by atoms with Crippen LogP contribution in [0.25, 0.3) is 0 Å². The largest absolute Gasteiger partial charge is 0.493 e. The first-order chi connectivity index (χ1) is 14.1. The number of anilines is 1. The standard InChI is InChI=1S/C21H23F2N3O4/c1-10-15(12-5-6-13(22)16(23)17(12)29-4)18(30-21(10,2)3)20(28)26-11-7-8-25-14(9-11)19(24)27/h5-10,15,18H,1-4H3,(H2,24,27)(H,25,26,28)/t10-,15-,18-/m1/s1. The molecule has 0 saturated carbocycles. The second-order valence-corrected chi connectivity index (χ2v) is 7.72. The molecule has 0 bridgehead atoms. The van der Waals surface area contributed by atoms with E-state index in [2.05, 4.69) is 10.3 Å². The minimum atomic E-state index is -1.12. The van der Waals surface area contributed by atoms with Crippen molar-refractivity contribution in [1.29, 1.82) is 0 Å². The highest BCUT2D eigenvalue weighted by molar-refractivity contribution is 5.97. The molecule has 0 aliphatic carbocycles. The Kier molecular flexibility index (Phi) is 5.76. The molecule has 1 aliphatic heterocycles. The highest BCUT2D eigenvalue weighted by Crippen LogP contribution is 2.49. The number of ether oxygens (including phenoxy) is 2. The number of nitrogens with two attached hydrogens (primary N) is 1. The summed E-state index contributed by atoms with van der Waals surface area (Å²) >= 11 is 0. The fraction of sp³-hybridized carbons (Fsp3) is 0.381. The Morgan fingerprint density at radius 2 is 1.97 bits per heavy atom. The molecule has 7 nitrogen and oxygen atoms in total. The predicted molar refractivity (Wildman–Crippen MR) is 105 cm³/mol. The number of hydrogen-bond donors (Lipinski definition) is 2. The topological polar surface area (TPSA) is 104 Å². The summed E-state index contributed by atoms with van der Waals surface area (Å²) in [6.45, 7) is 5.51. The molecule has 3 atom stereocenters. The molecule has 3 N–H and O–H groups in total. The van der Waals surface area contributed by atoms with E-state index in [0.717, 1.165) is 6.07 Å². The Balaban J connectivity index is 1.98. The van der Waals surface area contributed by atoms with Gasteiger partial charge in [0.2, 0.25) is 5.82 Å². The summed E-state index contributed by atoms with van der Waals surface area (Å²) in [7, 11) is 1.24. The van der Waals surface area contributed by atoms with Gasteiger partial charge in [-0.2, -0.15) is 4.39 Å². The molecule has 3 rings (SSSR count). The number of carbonyl (C=O) groups excluding carboxylic acids is 2. The normalized spacial score (nSPS) is 22.5. The summed E-state index contributed by atoms with van der Waals surface area (Å²) in [4.78, 5) is 28.2. The number of hydrogen-bond acceptors (Lipinski definition) is 5. The second kappa shape index (κ2) is 7.98. The van der Waals surface area contributed by atoms with Gasteiger partial charge in [0.25, 0.3) is 11.8 Å². The third-order valence-corrected chi connectivity index (χ3v) is 5.57. The Hall–Kier alpha value is -3.07. The lowest BCUT2D eigenvalue weighted by Gasteiger charge is -2.25. The second-order valence-electron chi connectivity index (χ2n) is 7.72. The van der Waals surface area contributed by atoms with Crippen molar-refractivity contribution < 1.29 is 27.8 Å². The highest BCUT2D eigenvalue weighted by Gasteiger charge is 2.51. The predicted octanol–water partition coefficient (Wildman–Crippen LogP) is 3.00. The van der Waals surface area contributed by atoms with Crippen LogP contribution in [0.2, 0.25) is 0 Å². The third kappa shape index (κ3) is 3.85.